The molecule has 0 aliphatic heterocycles. The standard InChI is InChI=1S/C65H104O6/c1-4-7-10-13-16-19-22-25-27-29-30-31-32-33-34-36-37-40-43-46-49-52-55-58-64(67)70-61-62(60-69-63(66)57-54-51-48-45-42-39-24-21-18-15-12-9-6-3)71-65(68)59-56-53-50-47-44-41-38-35-28-26-23-20-17-14-11-8-5-2/h7-8,10-12,15-17,19-21,24-28,30-31,38,41,47,50,62H,4-6,9,13-14,18,22-23,29,32-37,39-40,42-46,48-49,51-61H2,1-3H3/b10-7-,11-8-,15-12-,19-16-,20-17-,24-21-,27-25-,28-26-,31-30-,41-38-,50-47-. The van der Waals surface area contributed by atoms with Gasteiger partial charge in [0.15, 0.2) is 6.10 Å². The topological polar surface area (TPSA) is 78.9 Å². The third-order valence-electron chi connectivity index (χ3n) is 11.6. The van der Waals surface area contributed by atoms with Crippen molar-refractivity contribution in [2.24, 2.45) is 0 Å². The maximum atomic E-state index is 12.8. The Morgan fingerprint density at radius 1 is 0.296 bits per heavy atom. The fourth-order valence-electron chi connectivity index (χ4n) is 7.39. The number of allylic oxidation sites excluding steroid dienone is 22. The zero-order chi connectivity index (χ0) is 51.4. The Kier molecular flexibility index (Phi) is 54.5. The summed E-state index contributed by atoms with van der Waals surface area (Å²) < 4.78 is 16.8. The van der Waals surface area contributed by atoms with Crippen LogP contribution >= 0.6 is 0 Å². The lowest BCUT2D eigenvalue weighted by Crippen LogP contribution is -2.30. The van der Waals surface area contributed by atoms with Gasteiger partial charge in [-0.25, -0.2) is 0 Å². The summed E-state index contributed by atoms with van der Waals surface area (Å²) in [4.78, 5) is 38.1. The number of carbonyl (C=O) groups is 3. The first-order valence-electron chi connectivity index (χ1n) is 28.7. The van der Waals surface area contributed by atoms with Crippen LogP contribution in [-0.4, -0.2) is 37.2 Å². The fraction of sp³-hybridized carbons (Fsp3) is 0.615. The predicted octanol–water partition coefficient (Wildman–Crippen LogP) is 19.4. The Bertz CT molecular complexity index is 1550. The molecule has 400 valence electrons. The second kappa shape index (κ2) is 58.1. The first-order chi connectivity index (χ1) is 35.0. The van der Waals surface area contributed by atoms with Crippen LogP contribution in [0.1, 0.15) is 239 Å². The van der Waals surface area contributed by atoms with Crippen LogP contribution in [0, 0.1) is 0 Å². The van der Waals surface area contributed by atoms with E-state index in [0.717, 1.165) is 135 Å². The summed E-state index contributed by atoms with van der Waals surface area (Å²) in [5.41, 5.74) is 0. The minimum atomic E-state index is -0.820. The van der Waals surface area contributed by atoms with Gasteiger partial charge in [0.1, 0.15) is 13.2 Å². The molecule has 0 amide bonds. The highest BCUT2D eigenvalue weighted by Crippen LogP contribution is 2.14. The van der Waals surface area contributed by atoms with Crippen molar-refractivity contribution in [1.29, 1.82) is 0 Å². The molecule has 71 heavy (non-hydrogen) atoms. The first kappa shape index (κ1) is 66.6. The molecule has 0 radical (unpaired) electrons. The quantitative estimate of drug-likeness (QED) is 0.0262. The van der Waals surface area contributed by atoms with Crippen LogP contribution in [0.4, 0.5) is 0 Å². The Hall–Kier alpha value is -4.45. The first-order valence-corrected chi connectivity index (χ1v) is 28.7. The third kappa shape index (κ3) is 56.3. The second-order valence-corrected chi connectivity index (χ2v) is 18.4. The molecule has 0 saturated heterocycles. The van der Waals surface area contributed by atoms with Crippen molar-refractivity contribution in [3.05, 3.63) is 134 Å². The average Bonchev–Trinajstić information content (AvgIpc) is 3.37. The van der Waals surface area contributed by atoms with Crippen LogP contribution < -0.4 is 0 Å². The highest BCUT2D eigenvalue weighted by Gasteiger charge is 2.19. The molecule has 6 nitrogen and oxygen atoms in total. The van der Waals surface area contributed by atoms with E-state index in [1.165, 1.54) is 57.8 Å². The van der Waals surface area contributed by atoms with Crippen molar-refractivity contribution < 1.29 is 28.6 Å². The molecule has 1 atom stereocenters. The molecule has 1 unspecified atom stereocenters. The molecule has 0 aliphatic rings. The minimum absolute atomic E-state index is 0.112. The van der Waals surface area contributed by atoms with E-state index in [2.05, 4.69) is 154 Å². The SMILES string of the molecule is CC/C=C\C/C=C\C/C=C\C/C=C\C/C=C\CCCC(=O)OC(COC(=O)CCCCCCC/C=C\C/C=C\CCC)COC(=O)CCCCCCCCCCCC/C=C\C/C=C\C/C=C\C/C=C\CC. The number of carbonyl (C=O) groups excluding carboxylic acids is 3. The second-order valence-electron chi connectivity index (χ2n) is 18.4. The van der Waals surface area contributed by atoms with Gasteiger partial charge in [0.25, 0.3) is 0 Å². The van der Waals surface area contributed by atoms with Crippen molar-refractivity contribution in [3.63, 3.8) is 0 Å². The van der Waals surface area contributed by atoms with E-state index < -0.39 is 6.10 Å². The number of hydrogen-bond donors (Lipinski definition) is 0. The highest BCUT2D eigenvalue weighted by atomic mass is 16.6. The molecule has 0 saturated carbocycles. The molecule has 6 heteroatoms. The monoisotopic (exact) mass is 981 g/mol. The minimum Gasteiger partial charge on any atom is -0.462 e. The average molecular weight is 982 g/mol. The van der Waals surface area contributed by atoms with E-state index in [4.69, 9.17) is 14.2 Å². The van der Waals surface area contributed by atoms with Crippen molar-refractivity contribution in [2.75, 3.05) is 13.2 Å². The van der Waals surface area contributed by atoms with Gasteiger partial charge >= 0.3 is 17.9 Å². The molecule has 0 aromatic rings. The molecule has 0 heterocycles. The number of esters is 3. The lowest BCUT2D eigenvalue weighted by molar-refractivity contribution is -0.167. The molecular formula is C65H104O6. The van der Waals surface area contributed by atoms with Gasteiger partial charge in [0.2, 0.25) is 0 Å². The molecule has 0 fully saturated rings. The van der Waals surface area contributed by atoms with Gasteiger partial charge in [0.05, 0.1) is 0 Å². The molecule has 0 bridgehead atoms. The molecule has 0 spiro atoms. The maximum Gasteiger partial charge on any atom is 0.306 e. The highest BCUT2D eigenvalue weighted by molar-refractivity contribution is 5.71. The number of rotatable bonds is 50. The van der Waals surface area contributed by atoms with E-state index in [1.54, 1.807) is 0 Å². The summed E-state index contributed by atoms with van der Waals surface area (Å²) in [6, 6.07) is 0. The lowest BCUT2D eigenvalue weighted by atomic mass is 10.1. The maximum absolute atomic E-state index is 12.8. The summed E-state index contributed by atoms with van der Waals surface area (Å²) in [6.07, 6.45) is 81.6. The Morgan fingerprint density at radius 2 is 0.563 bits per heavy atom. The van der Waals surface area contributed by atoms with Crippen LogP contribution in [0.25, 0.3) is 0 Å². The predicted molar refractivity (Wildman–Crippen MR) is 306 cm³/mol. The van der Waals surface area contributed by atoms with Crippen molar-refractivity contribution >= 4 is 17.9 Å². The number of ether oxygens (including phenoxy) is 3. The van der Waals surface area contributed by atoms with Gasteiger partial charge in [0, 0.05) is 19.3 Å². The summed E-state index contributed by atoms with van der Waals surface area (Å²) in [5.74, 6) is -0.994. The van der Waals surface area contributed by atoms with E-state index in [0.29, 0.717) is 19.3 Å². The molecule has 0 N–H and O–H groups in total. The Balaban J connectivity index is 4.45. The smallest absolute Gasteiger partial charge is 0.306 e. The molecule has 0 aromatic carbocycles. The zero-order valence-corrected chi connectivity index (χ0v) is 45.7. The van der Waals surface area contributed by atoms with E-state index in [1.807, 2.05) is 0 Å². The number of unbranched alkanes of at least 4 members (excludes halogenated alkanes) is 17. The van der Waals surface area contributed by atoms with Gasteiger partial charge in [-0.05, 0) is 122 Å². The fourth-order valence-corrected chi connectivity index (χ4v) is 7.39. The van der Waals surface area contributed by atoms with Gasteiger partial charge in [-0.3, -0.25) is 14.4 Å². The molecule has 0 rings (SSSR count). The lowest BCUT2D eigenvalue weighted by Gasteiger charge is -2.18. The Morgan fingerprint density at radius 3 is 0.901 bits per heavy atom. The summed E-state index contributed by atoms with van der Waals surface area (Å²) >= 11 is 0. The van der Waals surface area contributed by atoms with Crippen LogP contribution in [0.5, 0.6) is 0 Å². The van der Waals surface area contributed by atoms with Crippen LogP contribution in [0.3, 0.4) is 0 Å². The van der Waals surface area contributed by atoms with Gasteiger partial charge < -0.3 is 14.2 Å². The van der Waals surface area contributed by atoms with Crippen LogP contribution in [0.2, 0.25) is 0 Å². The molecular weight excluding hydrogens is 877 g/mol. The molecule has 0 aliphatic carbocycles. The Labute approximate surface area is 436 Å². The normalized spacial score (nSPS) is 13.1. The van der Waals surface area contributed by atoms with Crippen molar-refractivity contribution in [3.8, 4) is 0 Å². The van der Waals surface area contributed by atoms with Crippen molar-refractivity contribution in [2.45, 2.75) is 245 Å². The zero-order valence-electron chi connectivity index (χ0n) is 45.7. The molecule has 0 aromatic heterocycles. The van der Waals surface area contributed by atoms with E-state index in [-0.39, 0.29) is 37.5 Å². The van der Waals surface area contributed by atoms with E-state index in [9.17, 15) is 14.4 Å². The van der Waals surface area contributed by atoms with Crippen molar-refractivity contribution in [1.82, 2.24) is 0 Å². The van der Waals surface area contributed by atoms with E-state index >= 15 is 0 Å². The number of hydrogen-bond acceptors (Lipinski definition) is 6. The van der Waals surface area contributed by atoms with Gasteiger partial charge in [-0.1, -0.05) is 231 Å². The van der Waals surface area contributed by atoms with Crippen LogP contribution in [-0.2, 0) is 28.6 Å². The van der Waals surface area contributed by atoms with Gasteiger partial charge in [-0.2, -0.15) is 0 Å². The largest absolute Gasteiger partial charge is 0.462 e. The van der Waals surface area contributed by atoms with Gasteiger partial charge in [-0.15, -0.1) is 0 Å². The summed E-state index contributed by atoms with van der Waals surface area (Å²) in [5, 5.41) is 0. The summed E-state index contributed by atoms with van der Waals surface area (Å²) in [7, 11) is 0. The van der Waals surface area contributed by atoms with Crippen LogP contribution in [0.15, 0.2) is 134 Å². The summed E-state index contributed by atoms with van der Waals surface area (Å²) in [6.45, 7) is 6.28. The third-order valence-corrected chi connectivity index (χ3v) is 11.6.